The number of rotatable bonds is 22. The number of carboxylic acids is 1. The molecule has 0 unspecified atom stereocenters. The highest BCUT2D eigenvalue weighted by atomic mass is 16.4. The highest BCUT2D eigenvalue weighted by Crippen LogP contribution is 2.09. The molecule has 296 valence electrons. The third-order valence-corrected chi connectivity index (χ3v) is 7.75. The zero-order valence-electron chi connectivity index (χ0n) is 31.4. The van der Waals surface area contributed by atoms with Gasteiger partial charge in [-0.15, -0.1) is 0 Å². The highest BCUT2D eigenvalue weighted by molar-refractivity contribution is 5.97. The van der Waals surface area contributed by atoms with Gasteiger partial charge in [-0.3, -0.25) is 33.6 Å². The summed E-state index contributed by atoms with van der Waals surface area (Å²) in [7, 11) is 0. The maximum absolute atomic E-state index is 13.4. The molecule has 0 bridgehead atoms. The molecular weight excluding hydrogens is 692 g/mol. The van der Waals surface area contributed by atoms with E-state index in [4.69, 9.17) is 5.73 Å². The third kappa shape index (κ3) is 17.3. The van der Waals surface area contributed by atoms with Crippen LogP contribution in [0.25, 0.3) is 0 Å². The number of aliphatic hydroxyl groups is 1. The van der Waals surface area contributed by atoms with E-state index >= 15 is 0 Å². The minimum atomic E-state index is -1.56. The number of aliphatic carboxylic acids is 1. The molecule has 11 N–H and O–H groups in total. The predicted octanol–water partition coefficient (Wildman–Crippen LogP) is -2.19. The standard InChI is InChI=1S/C35H56N8O10/c1-18(2)13-24(40-31(48)22(7)39-30(47)21(6)38-28(45)16-37-29(46)20(5)36)32(49)43-27(17-44)34(51)41-25(15-23-11-9-8-10-12-23)33(50)42-26(35(52)53)14-19(3)4/h8-12,18-22,24-27,44H,13-17,36H2,1-7H3,(H,37,46)(H,38,45)(H,39,47)(H,40,48)(H,41,51)(H,42,50)(H,43,49)(H,52,53)/t20-,21-,22-,24-,25-,26-,27-/m0/s1. The first-order chi connectivity index (χ1) is 24.7. The summed E-state index contributed by atoms with van der Waals surface area (Å²) in [6.07, 6.45) is 0.211. The van der Waals surface area contributed by atoms with Crippen molar-refractivity contribution in [3.63, 3.8) is 0 Å². The Morgan fingerprint density at radius 2 is 1.04 bits per heavy atom. The first-order valence-electron chi connectivity index (χ1n) is 17.5. The Bertz CT molecular complexity index is 1420. The van der Waals surface area contributed by atoms with Gasteiger partial charge < -0.3 is 53.2 Å². The number of hydrogen-bond acceptors (Lipinski definition) is 10. The molecule has 0 saturated heterocycles. The number of carboxylic acid groups (broad SMARTS) is 1. The van der Waals surface area contributed by atoms with Gasteiger partial charge in [0.1, 0.15) is 36.3 Å². The van der Waals surface area contributed by atoms with Gasteiger partial charge in [0.2, 0.25) is 41.4 Å². The number of nitrogens with one attached hydrogen (secondary N) is 7. The number of benzene rings is 1. The van der Waals surface area contributed by atoms with Gasteiger partial charge in [-0.25, -0.2) is 4.79 Å². The first-order valence-corrected chi connectivity index (χ1v) is 17.5. The number of carbonyl (C=O) groups is 8. The molecule has 0 aliphatic carbocycles. The van der Waals surface area contributed by atoms with Gasteiger partial charge in [0.05, 0.1) is 19.2 Å². The van der Waals surface area contributed by atoms with Crippen LogP contribution in [0.2, 0.25) is 0 Å². The topological polar surface area (TPSA) is 287 Å². The second-order valence-electron chi connectivity index (χ2n) is 13.7. The van der Waals surface area contributed by atoms with Crippen LogP contribution >= 0.6 is 0 Å². The van der Waals surface area contributed by atoms with Crippen LogP contribution in [0.3, 0.4) is 0 Å². The fourth-order valence-corrected chi connectivity index (χ4v) is 4.85. The van der Waals surface area contributed by atoms with Crippen LogP contribution < -0.4 is 43.0 Å². The lowest BCUT2D eigenvalue weighted by molar-refractivity contribution is -0.142. The fourth-order valence-electron chi connectivity index (χ4n) is 4.85. The molecule has 1 rings (SSSR count). The molecule has 0 radical (unpaired) electrons. The monoisotopic (exact) mass is 748 g/mol. The quantitative estimate of drug-likeness (QED) is 0.0608. The second-order valence-corrected chi connectivity index (χ2v) is 13.7. The lowest BCUT2D eigenvalue weighted by Crippen LogP contribution is -2.60. The van der Waals surface area contributed by atoms with Crippen LogP contribution in [-0.2, 0) is 44.8 Å². The molecule has 0 fully saturated rings. The second kappa shape index (κ2) is 22.8. The Hall–Kier alpha value is -5.10. The largest absolute Gasteiger partial charge is 0.480 e. The summed E-state index contributed by atoms with van der Waals surface area (Å²) in [5.41, 5.74) is 6.08. The average Bonchev–Trinajstić information content (AvgIpc) is 3.08. The van der Waals surface area contributed by atoms with Crippen LogP contribution in [0.15, 0.2) is 30.3 Å². The number of hydrogen-bond donors (Lipinski definition) is 10. The Morgan fingerprint density at radius 3 is 1.57 bits per heavy atom. The van der Waals surface area contributed by atoms with Crippen LogP contribution in [0, 0.1) is 11.8 Å². The molecule has 7 atom stereocenters. The maximum atomic E-state index is 13.4. The molecule has 7 amide bonds. The van der Waals surface area contributed by atoms with Gasteiger partial charge in [-0.05, 0) is 51.0 Å². The summed E-state index contributed by atoms with van der Waals surface area (Å²) in [5.74, 6) is -6.70. The Balaban J connectivity index is 3.01. The van der Waals surface area contributed by atoms with E-state index in [1.54, 1.807) is 58.0 Å². The lowest BCUT2D eigenvalue weighted by atomic mass is 10.0. The van der Waals surface area contributed by atoms with Crippen LogP contribution in [0.5, 0.6) is 0 Å². The maximum Gasteiger partial charge on any atom is 0.326 e. The third-order valence-electron chi connectivity index (χ3n) is 7.75. The van der Waals surface area contributed by atoms with Crippen molar-refractivity contribution in [1.82, 2.24) is 37.2 Å². The molecule has 0 saturated carbocycles. The van der Waals surface area contributed by atoms with E-state index in [1.807, 2.05) is 0 Å². The molecule has 0 heterocycles. The fraction of sp³-hybridized carbons (Fsp3) is 0.600. The molecule has 1 aromatic carbocycles. The van der Waals surface area contributed by atoms with E-state index in [-0.39, 0.29) is 31.1 Å². The smallest absolute Gasteiger partial charge is 0.326 e. The Labute approximate surface area is 309 Å². The molecule has 0 aliphatic heterocycles. The normalized spacial score (nSPS) is 15.0. The molecule has 18 nitrogen and oxygen atoms in total. The van der Waals surface area contributed by atoms with Crippen molar-refractivity contribution in [2.45, 2.75) is 110 Å². The van der Waals surface area contributed by atoms with E-state index in [2.05, 4.69) is 37.2 Å². The summed E-state index contributed by atoms with van der Waals surface area (Å²) in [6, 6.07) is 0.251. The number of nitrogens with two attached hydrogens (primary N) is 1. The molecule has 53 heavy (non-hydrogen) atoms. The minimum Gasteiger partial charge on any atom is -0.480 e. The summed E-state index contributed by atoms with van der Waals surface area (Å²) >= 11 is 0. The Morgan fingerprint density at radius 1 is 0.585 bits per heavy atom. The summed E-state index contributed by atoms with van der Waals surface area (Å²) < 4.78 is 0. The van der Waals surface area contributed by atoms with Crippen LogP contribution in [0.1, 0.15) is 66.9 Å². The molecule has 1 aromatic rings. The van der Waals surface area contributed by atoms with Crippen molar-refractivity contribution in [3.8, 4) is 0 Å². The molecule has 18 heteroatoms. The van der Waals surface area contributed by atoms with Crippen molar-refractivity contribution < 1.29 is 48.6 Å². The van der Waals surface area contributed by atoms with Gasteiger partial charge in [-0.2, -0.15) is 0 Å². The van der Waals surface area contributed by atoms with Gasteiger partial charge in [0.25, 0.3) is 0 Å². The molecule has 0 aliphatic rings. The highest BCUT2D eigenvalue weighted by Gasteiger charge is 2.32. The number of aliphatic hydroxyl groups excluding tert-OH is 1. The molecular formula is C35H56N8O10. The summed E-state index contributed by atoms with van der Waals surface area (Å²) in [6.45, 7) is 10.0. The molecule has 0 spiro atoms. The minimum absolute atomic E-state index is 0.0272. The van der Waals surface area contributed by atoms with Gasteiger partial charge in [0, 0.05) is 6.42 Å². The van der Waals surface area contributed by atoms with E-state index in [9.17, 15) is 48.6 Å². The van der Waals surface area contributed by atoms with E-state index in [1.165, 1.54) is 20.8 Å². The Kier molecular flexibility index (Phi) is 19.7. The zero-order chi connectivity index (χ0) is 40.4. The van der Waals surface area contributed by atoms with E-state index in [0.717, 1.165) is 0 Å². The van der Waals surface area contributed by atoms with Gasteiger partial charge >= 0.3 is 5.97 Å². The SMILES string of the molecule is CC(C)C[C@H](NC(=O)[C@H](Cc1ccccc1)NC(=O)[C@H](CO)NC(=O)[C@H](CC(C)C)NC(=O)[C@H](C)NC(=O)[C@H](C)NC(=O)CNC(=O)[C@H](C)N)C(=O)O. The number of carbonyl (C=O) groups excluding carboxylic acids is 7. The zero-order valence-corrected chi connectivity index (χ0v) is 31.4. The first kappa shape index (κ1) is 45.9. The van der Waals surface area contributed by atoms with Crippen molar-refractivity contribution in [2.75, 3.05) is 13.2 Å². The van der Waals surface area contributed by atoms with E-state index in [0.29, 0.717) is 5.56 Å². The van der Waals surface area contributed by atoms with Crippen molar-refractivity contribution in [3.05, 3.63) is 35.9 Å². The lowest BCUT2D eigenvalue weighted by Gasteiger charge is -2.27. The summed E-state index contributed by atoms with van der Waals surface area (Å²) in [5, 5.41) is 36.8. The van der Waals surface area contributed by atoms with Gasteiger partial charge in [-0.1, -0.05) is 58.0 Å². The van der Waals surface area contributed by atoms with Crippen LogP contribution in [-0.4, -0.2) is 113 Å². The predicted molar refractivity (Wildman–Crippen MR) is 193 cm³/mol. The van der Waals surface area contributed by atoms with Crippen LogP contribution in [0.4, 0.5) is 0 Å². The molecule has 0 aromatic heterocycles. The number of amides is 7. The van der Waals surface area contributed by atoms with Gasteiger partial charge in [0.15, 0.2) is 0 Å². The summed E-state index contributed by atoms with van der Waals surface area (Å²) in [4.78, 5) is 101. The van der Waals surface area contributed by atoms with Crippen molar-refractivity contribution >= 4 is 47.3 Å². The van der Waals surface area contributed by atoms with Crippen molar-refractivity contribution in [2.24, 2.45) is 17.6 Å². The van der Waals surface area contributed by atoms with Crippen molar-refractivity contribution in [1.29, 1.82) is 0 Å². The average molecular weight is 749 g/mol. The van der Waals surface area contributed by atoms with E-state index < -0.39 is 103 Å².